The molecule has 1 aromatic carbocycles. The average Bonchev–Trinajstić information content (AvgIpc) is 2.88. The number of nitrogens with zero attached hydrogens (tertiary/aromatic N) is 3. The molecule has 1 aromatic heterocycles. The van der Waals surface area contributed by atoms with Gasteiger partial charge in [0.25, 0.3) is 0 Å². The van der Waals surface area contributed by atoms with Crippen molar-refractivity contribution in [2.75, 3.05) is 19.6 Å². The summed E-state index contributed by atoms with van der Waals surface area (Å²) in [7, 11) is 0. The van der Waals surface area contributed by atoms with Crippen LogP contribution in [0, 0.1) is 0 Å². The third kappa shape index (κ3) is 4.30. The summed E-state index contributed by atoms with van der Waals surface area (Å²) in [6.07, 6.45) is 4.09. The van der Waals surface area contributed by atoms with Crippen LogP contribution in [0.2, 0.25) is 0 Å². The average molecular weight is 372 g/mol. The Balaban J connectivity index is 0.00000161. The van der Waals surface area contributed by atoms with E-state index in [2.05, 4.69) is 56.5 Å². The smallest absolute Gasteiger partial charge is 0.0646 e. The van der Waals surface area contributed by atoms with Crippen LogP contribution in [0.3, 0.4) is 0 Å². The lowest BCUT2D eigenvalue weighted by Gasteiger charge is -2.31. The van der Waals surface area contributed by atoms with Gasteiger partial charge in [0.2, 0.25) is 0 Å². The molecule has 2 aromatic rings. The molecule has 3 rings (SSSR count). The lowest BCUT2D eigenvalue weighted by Crippen LogP contribution is -2.48. The number of piperazine rings is 1. The SMILES string of the molecule is C[C@H]1CN(Cc2cnn(-c3ccc(Br)cc3)c2)CCN1.Cl. The summed E-state index contributed by atoms with van der Waals surface area (Å²) in [6.45, 7) is 6.49. The lowest BCUT2D eigenvalue weighted by atomic mass is 10.2. The molecular formula is C15H20BrClN4. The van der Waals surface area contributed by atoms with Gasteiger partial charge in [-0.25, -0.2) is 4.68 Å². The summed E-state index contributed by atoms with van der Waals surface area (Å²) in [4.78, 5) is 2.48. The summed E-state index contributed by atoms with van der Waals surface area (Å²) in [5.41, 5.74) is 2.36. The van der Waals surface area contributed by atoms with E-state index >= 15 is 0 Å². The molecule has 1 aliphatic heterocycles. The third-order valence-corrected chi connectivity index (χ3v) is 4.11. The van der Waals surface area contributed by atoms with Gasteiger partial charge in [-0.1, -0.05) is 15.9 Å². The highest BCUT2D eigenvalue weighted by molar-refractivity contribution is 9.10. The zero-order valence-corrected chi connectivity index (χ0v) is 14.4. The van der Waals surface area contributed by atoms with Crippen LogP contribution in [0.5, 0.6) is 0 Å². The van der Waals surface area contributed by atoms with Crippen molar-refractivity contribution in [2.24, 2.45) is 0 Å². The molecule has 0 bridgehead atoms. The molecule has 6 heteroatoms. The molecule has 1 aliphatic rings. The molecule has 0 saturated carbocycles. The first-order valence-electron chi connectivity index (χ1n) is 6.96. The molecule has 0 radical (unpaired) electrons. The fraction of sp³-hybridized carbons (Fsp3) is 0.400. The van der Waals surface area contributed by atoms with E-state index in [0.29, 0.717) is 6.04 Å². The van der Waals surface area contributed by atoms with Crippen LogP contribution in [-0.4, -0.2) is 40.4 Å². The predicted octanol–water partition coefficient (Wildman–Crippen LogP) is 2.85. The van der Waals surface area contributed by atoms with Crippen molar-refractivity contribution in [3.63, 3.8) is 0 Å². The van der Waals surface area contributed by atoms with Crippen LogP contribution in [0.15, 0.2) is 41.1 Å². The van der Waals surface area contributed by atoms with E-state index in [1.807, 2.05) is 23.0 Å². The molecule has 1 saturated heterocycles. The standard InChI is InChI=1S/C15H19BrN4.ClH/c1-12-9-19(7-6-17-12)10-13-8-18-20(11-13)15-4-2-14(16)3-5-15;/h2-5,8,11-12,17H,6-7,9-10H2,1H3;1H/t12-;/m0./s1. The van der Waals surface area contributed by atoms with Crippen molar-refractivity contribution in [3.05, 3.63) is 46.7 Å². The first-order chi connectivity index (χ1) is 9.70. The quantitative estimate of drug-likeness (QED) is 0.900. The summed E-state index contributed by atoms with van der Waals surface area (Å²) in [5, 5.41) is 7.93. The first kappa shape index (κ1) is 16.5. The maximum Gasteiger partial charge on any atom is 0.0646 e. The van der Waals surface area contributed by atoms with Gasteiger partial charge < -0.3 is 5.32 Å². The van der Waals surface area contributed by atoms with Crippen LogP contribution in [0.1, 0.15) is 12.5 Å². The molecule has 0 amide bonds. The Morgan fingerprint density at radius 1 is 1.33 bits per heavy atom. The largest absolute Gasteiger partial charge is 0.312 e. The predicted molar refractivity (Wildman–Crippen MR) is 91.3 cm³/mol. The van der Waals surface area contributed by atoms with Gasteiger partial charge in [0.1, 0.15) is 0 Å². The van der Waals surface area contributed by atoms with Gasteiger partial charge >= 0.3 is 0 Å². The van der Waals surface area contributed by atoms with Crippen LogP contribution < -0.4 is 5.32 Å². The molecular weight excluding hydrogens is 352 g/mol. The first-order valence-corrected chi connectivity index (χ1v) is 7.75. The van der Waals surface area contributed by atoms with Crippen LogP contribution in [0.4, 0.5) is 0 Å². The maximum atomic E-state index is 4.46. The topological polar surface area (TPSA) is 33.1 Å². The Morgan fingerprint density at radius 3 is 2.81 bits per heavy atom. The van der Waals surface area contributed by atoms with Crippen molar-refractivity contribution >= 4 is 28.3 Å². The van der Waals surface area contributed by atoms with Gasteiger partial charge in [-0.3, -0.25) is 4.90 Å². The van der Waals surface area contributed by atoms with Crippen molar-refractivity contribution < 1.29 is 0 Å². The second-order valence-corrected chi connectivity index (χ2v) is 6.28. The number of hydrogen-bond donors (Lipinski definition) is 1. The normalized spacial score (nSPS) is 19.2. The van der Waals surface area contributed by atoms with Gasteiger partial charge in [-0.15, -0.1) is 12.4 Å². The molecule has 2 heterocycles. The fourth-order valence-electron chi connectivity index (χ4n) is 2.59. The number of benzene rings is 1. The fourth-order valence-corrected chi connectivity index (χ4v) is 2.86. The number of nitrogens with one attached hydrogen (secondary N) is 1. The minimum atomic E-state index is 0. The molecule has 1 atom stereocenters. The number of hydrogen-bond acceptors (Lipinski definition) is 3. The number of halogens is 2. The van der Waals surface area contributed by atoms with E-state index < -0.39 is 0 Å². The molecule has 1 N–H and O–H groups in total. The van der Waals surface area contributed by atoms with E-state index in [1.165, 1.54) is 5.56 Å². The highest BCUT2D eigenvalue weighted by Gasteiger charge is 2.16. The second-order valence-electron chi connectivity index (χ2n) is 5.36. The highest BCUT2D eigenvalue weighted by Crippen LogP contribution is 2.15. The van der Waals surface area contributed by atoms with Crippen molar-refractivity contribution in [1.29, 1.82) is 0 Å². The second kappa shape index (κ2) is 7.40. The zero-order valence-electron chi connectivity index (χ0n) is 12.0. The van der Waals surface area contributed by atoms with E-state index in [-0.39, 0.29) is 12.4 Å². The Kier molecular flexibility index (Phi) is 5.81. The van der Waals surface area contributed by atoms with Gasteiger partial charge in [0, 0.05) is 48.5 Å². The van der Waals surface area contributed by atoms with E-state index in [0.717, 1.165) is 36.3 Å². The maximum absolute atomic E-state index is 4.46. The Labute approximate surface area is 140 Å². The Hall–Kier alpha value is -0.880. The Morgan fingerprint density at radius 2 is 2.10 bits per heavy atom. The molecule has 4 nitrogen and oxygen atoms in total. The van der Waals surface area contributed by atoms with E-state index in [4.69, 9.17) is 0 Å². The van der Waals surface area contributed by atoms with E-state index in [1.54, 1.807) is 0 Å². The highest BCUT2D eigenvalue weighted by atomic mass is 79.9. The molecule has 0 spiro atoms. The van der Waals surface area contributed by atoms with Gasteiger partial charge in [-0.2, -0.15) is 5.10 Å². The van der Waals surface area contributed by atoms with Crippen LogP contribution in [0.25, 0.3) is 5.69 Å². The van der Waals surface area contributed by atoms with Gasteiger partial charge in [0.05, 0.1) is 11.9 Å². The lowest BCUT2D eigenvalue weighted by molar-refractivity contribution is 0.199. The summed E-state index contributed by atoms with van der Waals surface area (Å²) < 4.78 is 3.02. The van der Waals surface area contributed by atoms with Crippen LogP contribution >= 0.6 is 28.3 Å². The monoisotopic (exact) mass is 370 g/mol. The molecule has 0 unspecified atom stereocenters. The third-order valence-electron chi connectivity index (χ3n) is 3.59. The minimum absolute atomic E-state index is 0. The molecule has 114 valence electrons. The molecule has 21 heavy (non-hydrogen) atoms. The number of aromatic nitrogens is 2. The molecule has 1 fully saturated rings. The summed E-state index contributed by atoms with van der Waals surface area (Å²) >= 11 is 3.45. The van der Waals surface area contributed by atoms with Crippen LogP contribution in [-0.2, 0) is 6.54 Å². The van der Waals surface area contributed by atoms with Crippen molar-refractivity contribution in [3.8, 4) is 5.69 Å². The van der Waals surface area contributed by atoms with Gasteiger partial charge in [0.15, 0.2) is 0 Å². The van der Waals surface area contributed by atoms with Crippen molar-refractivity contribution in [2.45, 2.75) is 19.5 Å². The summed E-state index contributed by atoms with van der Waals surface area (Å²) in [6, 6.07) is 8.77. The van der Waals surface area contributed by atoms with Gasteiger partial charge in [-0.05, 0) is 31.2 Å². The number of rotatable bonds is 3. The minimum Gasteiger partial charge on any atom is -0.312 e. The van der Waals surface area contributed by atoms with E-state index in [9.17, 15) is 0 Å². The van der Waals surface area contributed by atoms with Crippen molar-refractivity contribution in [1.82, 2.24) is 20.0 Å². The molecule has 0 aliphatic carbocycles. The zero-order chi connectivity index (χ0) is 13.9. The summed E-state index contributed by atoms with van der Waals surface area (Å²) in [5.74, 6) is 0. The Bertz CT molecular complexity index is 569.